The molecule has 190 valence electrons. The molecule has 1 aromatic heterocycles. The van der Waals surface area contributed by atoms with Gasteiger partial charge in [-0.3, -0.25) is 4.79 Å². The van der Waals surface area contributed by atoms with Gasteiger partial charge in [0.25, 0.3) is 0 Å². The lowest BCUT2D eigenvalue weighted by Gasteiger charge is -2.24. The monoisotopic (exact) mass is 538 g/mol. The van der Waals surface area contributed by atoms with Crippen LogP contribution < -0.4 is 10.2 Å². The molecule has 0 spiro atoms. The number of aromatic nitrogens is 2. The topological polar surface area (TPSA) is 58.1 Å². The summed E-state index contributed by atoms with van der Waals surface area (Å²) in [6.07, 6.45) is 0.600. The first kappa shape index (κ1) is 25.6. The van der Waals surface area contributed by atoms with E-state index in [9.17, 15) is 4.79 Å². The Hall–Kier alpha value is -4.00. The third-order valence-corrected chi connectivity index (χ3v) is 7.19. The minimum atomic E-state index is -0.252. The van der Waals surface area contributed by atoms with Crippen LogP contribution in [0.5, 0.6) is 0 Å². The smallest absolute Gasteiger partial charge is 0.240 e. The summed E-state index contributed by atoms with van der Waals surface area (Å²) in [5, 5.41) is 4.66. The van der Waals surface area contributed by atoms with E-state index in [0.29, 0.717) is 23.1 Å². The number of nitrogens with zero attached hydrogens (tertiary/aromatic N) is 3. The number of hydrogen-bond acceptors (Lipinski definition) is 5. The maximum Gasteiger partial charge on any atom is 0.240 e. The zero-order valence-corrected chi connectivity index (χ0v) is 22.3. The summed E-state index contributed by atoms with van der Waals surface area (Å²) in [7, 11) is 0. The second kappa shape index (κ2) is 12.5. The highest BCUT2D eigenvalue weighted by Crippen LogP contribution is 2.24. The number of nitrogens with one attached hydrogen (secondary N) is 1. The van der Waals surface area contributed by atoms with Crippen LogP contribution in [0, 0.1) is 0 Å². The van der Waals surface area contributed by atoms with Crippen molar-refractivity contribution in [3.63, 3.8) is 0 Å². The summed E-state index contributed by atoms with van der Waals surface area (Å²) in [5.41, 5.74) is 4.24. The lowest BCUT2D eigenvalue weighted by atomic mass is 9.99. The molecule has 0 saturated heterocycles. The Morgan fingerprint density at radius 3 is 1.97 bits per heavy atom. The van der Waals surface area contributed by atoms with Crippen molar-refractivity contribution in [2.24, 2.45) is 0 Å². The van der Waals surface area contributed by atoms with Gasteiger partial charge in [-0.05, 0) is 34.4 Å². The van der Waals surface area contributed by atoms with Gasteiger partial charge in [0.1, 0.15) is 5.82 Å². The van der Waals surface area contributed by atoms with E-state index >= 15 is 0 Å². The average Bonchev–Trinajstić information content (AvgIpc) is 3.43. The van der Waals surface area contributed by atoms with Crippen LogP contribution in [-0.2, 0) is 17.8 Å². The number of carbonyl (C=O) groups excluding carboxylic acids is 1. The molecule has 1 N–H and O–H groups in total. The molecule has 0 aliphatic carbocycles. The number of anilines is 1. The molecule has 0 radical (unpaired) electrons. The van der Waals surface area contributed by atoms with Gasteiger partial charge in [0.05, 0.1) is 12.6 Å². The Morgan fingerprint density at radius 2 is 1.37 bits per heavy atom. The first-order valence-corrected chi connectivity index (χ1v) is 13.5. The normalized spacial score (nSPS) is 10.9. The molecule has 0 unspecified atom stereocenters. The fourth-order valence-corrected chi connectivity index (χ4v) is 5.06. The molecule has 0 aliphatic heterocycles. The first-order valence-electron chi connectivity index (χ1n) is 12.4. The van der Waals surface area contributed by atoms with Crippen molar-refractivity contribution in [3.8, 4) is 0 Å². The van der Waals surface area contributed by atoms with Gasteiger partial charge in [-0.15, -0.1) is 0 Å². The molecule has 1 heterocycles. The van der Waals surface area contributed by atoms with E-state index in [2.05, 4.69) is 21.8 Å². The third-order valence-electron chi connectivity index (χ3n) is 6.13. The Balaban J connectivity index is 1.36. The van der Waals surface area contributed by atoms with E-state index < -0.39 is 0 Å². The van der Waals surface area contributed by atoms with Crippen molar-refractivity contribution in [2.45, 2.75) is 19.0 Å². The van der Waals surface area contributed by atoms with Crippen molar-refractivity contribution in [1.82, 2.24) is 14.7 Å². The first-order chi connectivity index (χ1) is 18.6. The quantitative estimate of drug-likeness (QED) is 0.215. The van der Waals surface area contributed by atoms with Crippen molar-refractivity contribution < 1.29 is 4.79 Å². The molecule has 0 saturated carbocycles. The van der Waals surface area contributed by atoms with E-state index in [1.165, 1.54) is 11.5 Å². The van der Waals surface area contributed by atoms with Crippen LogP contribution >= 0.6 is 23.1 Å². The van der Waals surface area contributed by atoms with Gasteiger partial charge in [0, 0.05) is 29.5 Å². The standard InChI is InChI=1S/C31H27ClN4OS/c32-27-18-16-23(17-19-27)20-28-33-31(38-35-28)36(21-24-10-4-1-5-11-24)22-29(37)34-30(25-12-6-2-7-13-25)26-14-8-3-9-15-26/h1-19,30H,20-22H2,(H,34,37). The number of halogens is 1. The van der Waals surface area contributed by atoms with Crippen LogP contribution in [0.15, 0.2) is 115 Å². The van der Waals surface area contributed by atoms with E-state index in [-0.39, 0.29) is 18.5 Å². The Labute approximate surface area is 231 Å². The minimum Gasteiger partial charge on any atom is -0.344 e. The second-order valence-corrected chi connectivity index (χ2v) is 10.1. The Bertz CT molecular complexity index is 1400. The second-order valence-electron chi connectivity index (χ2n) is 8.96. The van der Waals surface area contributed by atoms with Gasteiger partial charge in [0.15, 0.2) is 0 Å². The molecule has 1 amide bonds. The molecule has 0 atom stereocenters. The molecule has 7 heteroatoms. The highest BCUT2D eigenvalue weighted by atomic mass is 35.5. The molecule has 0 aliphatic rings. The Morgan fingerprint density at radius 1 is 0.789 bits per heavy atom. The summed E-state index contributed by atoms with van der Waals surface area (Å²) in [6.45, 7) is 0.700. The number of hydrogen-bond donors (Lipinski definition) is 1. The molecular formula is C31H27ClN4OS. The summed E-state index contributed by atoms with van der Waals surface area (Å²) < 4.78 is 4.58. The van der Waals surface area contributed by atoms with Gasteiger partial charge in [0.2, 0.25) is 11.0 Å². The summed E-state index contributed by atoms with van der Waals surface area (Å²) in [6, 6.07) is 37.6. The third kappa shape index (κ3) is 6.85. The summed E-state index contributed by atoms with van der Waals surface area (Å²) >= 11 is 7.34. The van der Waals surface area contributed by atoms with E-state index in [0.717, 1.165) is 28.1 Å². The minimum absolute atomic E-state index is 0.0897. The van der Waals surface area contributed by atoms with Crippen LogP contribution in [0.1, 0.15) is 34.1 Å². The molecule has 5 aromatic rings. The zero-order chi connectivity index (χ0) is 26.2. The largest absolute Gasteiger partial charge is 0.344 e. The molecule has 0 fully saturated rings. The number of amides is 1. The van der Waals surface area contributed by atoms with Gasteiger partial charge in [-0.1, -0.05) is 115 Å². The van der Waals surface area contributed by atoms with Gasteiger partial charge in [-0.25, -0.2) is 4.98 Å². The predicted octanol–water partition coefficient (Wildman–Crippen LogP) is 6.69. The maximum atomic E-state index is 13.5. The van der Waals surface area contributed by atoms with Crippen molar-refractivity contribution in [2.75, 3.05) is 11.4 Å². The molecular weight excluding hydrogens is 512 g/mol. The number of rotatable bonds is 10. The molecule has 4 aromatic carbocycles. The molecule has 5 rings (SSSR count). The predicted molar refractivity (Wildman–Crippen MR) is 155 cm³/mol. The highest BCUT2D eigenvalue weighted by molar-refractivity contribution is 7.09. The van der Waals surface area contributed by atoms with Crippen LogP contribution in [-0.4, -0.2) is 21.8 Å². The lowest BCUT2D eigenvalue weighted by molar-refractivity contribution is -0.120. The average molecular weight is 539 g/mol. The van der Waals surface area contributed by atoms with Crippen LogP contribution in [0.2, 0.25) is 5.02 Å². The van der Waals surface area contributed by atoms with Crippen molar-refractivity contribution in [3.05, 3.63) is 148 Å². The summed E-state index contributed by atoms with van der Waals surface area (Å²) in [4.78, 5) is 20.3. The maximum absolute atomic E-state index is 13.5. The highest BCUT2D eigenvalue weighted by Gasteiger charge is 2.21. The fourth-order valence-electron chi connectivity index (χ4n) is 4.25. The fraction of sp³-hybridized carbons (Fsp3) is 0.129. The van der Waals surface area contributed by atoms with Gasteiger partial charge >= 0.3 is 0 Å². The SMILES string of the molecule is O=C(CN(Cc1ccccc1)c1nc(Cc2ccc(Cl)cc2)ns1)NC(c1ccccc1)c1ccccc1. The van der Waals surface area contributed by atoms with Gasteiger partial charge in [-0.2, -0.15) is 4.37 Å². The van der Waals surface area contributed by atoms with Crippen LogP contribution in [0.25, 0.3) is 0 Å². The summed E-state index contributed by atoms with van der Waals surface area (Å²) in [5.74, 6) is 0.630. The Kier molecular flexibility index (Phi) is 8.43. The molecule has 38 heavy (non-hydrogen) atoms. The lowest BCUT2D eigenvalue weighted by Crippen LogP contribution is -2.39. The molecule has 0 bridgehead atoms. The molecule has 5 nitrogen and oxygen atoms in total. The van der Waals surface area contributed by atoms with Gasteiger partial charge < -0.3 is 10.2 Å². The van der Waals surface area contributed by atoms with E-state index in [1.807, 2.05) is 108 Å². The van der Waals surface area contributed by atoms with Crippen LogP contribution in [0.4, 0.5) is 5.13 Å². The van der Waals surface area contributed by atoms with Crippen molar-refractivity contribution in [1.29, 1.82) is 0 Å². The van der Waals surface area contributed by atoms with Crippen LogP contribution in [0.3, 0.4) is 0 Å². The zero-order valence-electron chi connectivity index (χ0n) is 20.7. The number of carbonyl (C=O) groups is 1. The van der Waals surface area contributed by atoms with Crippen molar-refractivity contribution >= 4 is 34.2 Å². The van der Waals surface area contributed by atoms with E-state index in [1.54, 1.807) is 0 Å². The number of benzene rings is 4. The van der Waals surface area contributed by atoms with E-state index in [4.69, 9.17) is 16.6 Å².